The number of aliphatic hydroxyl groups is 1. The molecular weight excluding hydrogens is 424 g/mol. The Hall–Kier alpha value is -2.52. The molecule has 3 aromatic rings. The summed E-state index contributed by atoms with van der Waals surface area (Å²) in [5.74, 6) is 4.25. The van der Waals surface area contributed by atoms with Crippen molar-refractivity contribution >= 4 is 23.5 Å². The summed E-state index contributed by atoms with van der Waals surface area (Å²) in [7, 11) is 0. The topological polar surface area (TPSA) is 103 Å². The van der Waals surface area contributed by atoms with Crippen LogP contribution in [0.2, 0.25) is 0 Å². The predicted molar refractivity (Wildman–Crippen MR) is 126 cm³/mol. The van der Waals surface area contributed by atoms with E-state index in [0.29, 0.717) is 11.8 Å². The highest BCUT2D eigenvalue weighted by atomic mass is 32.2. The zero-order chi connectivity index (χ0) is 22.1. The Bertz CT molecular complexity index is 1040. The van der Waals surface area contributed by atoms with Crippen LogP contribution in [-0.4, -0.2) is 56.8 Å². The molecule has 5 rings (SSSR count). The number of aromatic nitrogens is 4. The van der Waals surface area contributed by atoms with E-state index in [0.717, 1.165) is 77.6 Å². The number of piperidine rings is 1. The van der Waals surface area contributed by atoms with Crippen LogP contribution in [0.4, 0.5) is 11.8 Å². The summed E-state index contributed by atoms with van der Waals surface area (Å²) in [6, 6.07) is 5.89. The molecule has 3 N–H and O–H groups in total. The zero-order valence-electron chi connectivity index (χ0n) is 18.5. The molecule has 1 atom stereocenters. The van der Waals surface area contributed by atoms with Crippen molar-refractivity contribution < 1.29 is 9.52 Å². The SMILES string of the molecule is CC(C)C(CO)Nc1nc(N2CCC(c3cc(-c4ccco4)n[nH]3)CC2)nc2c1SCC2. The van der Waals surface area contributed by atoms with Gasteiger partial charge >= 0.3 is 0 Å². The van der Waals surface area contributed by atoms with E-state index in [9.17, 15) is 5.11 Å². The molecule has 0 aliphatic carbocycles. The molecule has 32 heavy (non-hydrogen) atoms. The molecular formula is C23H30N6O2S. The number of aryl methyl sites for hydroxylation is 1. The maximum atomic E-state index is 9.79. The highest BCUT2D eigenvalue weighted by Gasteiger charge is 2.28. The zero-order valence-corrected chi connectivity index (χ0v) is 19.4. The van der Waals surface area contributed by atoms with Crippen LogP contribution in [-0.2, 0) is 6.42 Å². The van der Waals surface area contributed by atoms with Crippen molar-refractivity contribution in [2.75, 3.05) is 35.7 Å². The third-order valence-corrected chi connectivity index (χ3v) is 7.55. The fourth-order valence-electron chi connectivity index (χ4n) is 4.38. The van der Waals surface area contributed by atoms with E-state index in [-0.39, 0.29) is 12.6 Å². The van der Waals surface area contributed by atoms with Crippen molar-refractivity contribution in [2.24, 2.45) is 5.92 Å². The first kappa shape index (κ1) is 21.3. The molecule has 0 radical (unpaired) electrons. The van der Waals surface area contributed by atoms with E-state index < -0.39 is 0 Å². The minimum Gasteiger partial charge on any atom is -0.463 e. The summed E-state index contributed by atoms with van der Waals surface area (Å²) in [6.45, 7) is 6.12. The van der Waals surface area contributed by atoms with Crippen LogP contribution in [0.1, 0.15) is 44.0 Å². The second kappa shape index (κ2) is 9.15. The van der Waals surface area contributed by atoms with Gasteiger partial charge in [0.2, 0.25) is 5.95 Å². The van der Waals surface area contributed by atoms with Gasteiger partial charge in [0.25, 0.3) is 0 Å². The van der Waals surface area contributed by atoms with Crippen LogP contribution >= 0.6 is 11.8 Å². The summed E-state index contributed by atoms with van der Waals surface area (Å²) in [4.78, 5) is 13.3. The number of rotatable bonds is 7. The van der Waals surface area contributed by atoms with E-state index >= 15 is 0 Å². The van der Waals surface area contributed by atoms with Gasteiger partial charge in [0.15, 0.2) is 5.76 Å². The first-order chi connectivity index (χ1) is 15.6. The number of aromatic amines is 1. The lowest BCUT2D eigenvalue weighted by molar-refractivity contribution is 0.249. The maximum Gasteiger partial charge on any atom is 0.227 e. The molecule has 0 bridgehead atoms. The summed E-state index contributed by atoms with van der Waals surface area (Å²) >= 11 is 1.81. The Morgan fingerprint density at radius 3 is 2.88 bits per heavy atom. The van der Waals surface area contributed by atoms with Crippen LogP contribution in [0.3, 0.4) is 0 Å². The second-order valence-electron chi connectivity index (χ2n) is 8.87. The van der Waals surface area contributed by atoms with Crippen molar-refractivity contribution in [1.82, 2.24) is 20.2 Å². The highest BCUT2D eigenvalue weighted by Crippen LogP contribution is 2.38. The number of hydrogen-bond acceptors (Lipinski definition) is 8. The lowest BCUT2D eigenvalue weighted by Gasteiger charge is -2.32. The van der Waals surface area contributed by atoms with Gasteiger partial charge < -0.3 is 19.7 Å². The molecule has 5 heterocycles. The number of nitrogens with one attached hydrogen (secondary N) is 2. The van der Waals surface area contributed by atoms with E-state index in [1.807, 2.05) is 12.1 Å². The average Bonchev–Trinajstić information content (AvgIpc) is 3.58. The van der Waals surface area contributed by atoms with Crippen LogP contribution in [0, 0.1) is 5.92 Å². The molecule has 8 nitrogen and oxygen atoms in total. The van der Waals surface area contributed by atoms with E-state index in [1.165, 1.54) is 0 Å². The predicted octanol–water partition coefficient (Wildman–Crippen LogP) is 3.92. The molecule has 1 unspecified atom stereocenters. The largest absolute Gasteiger partial charge is 0.463 e. The monoisotopic (exact) mass is 454 g/mol. The number of thioether (sulfide) groups is 1. The number of H-pyrrole nitrogens is 1. The lowest BCUT2D eigenvalue weighted by Crippen LogP contribution is -2.35. The average molecular weight is 455 g/mol. The number of fused-ring (bicyclic) bond motifs is 1. The van der Waals surface area contributed by atoms with Gasteiger partial charge in [-0.3, -0.25) is 5.10 Å². The van der Waals surface area contributed by atoms with E-state index in [2.05, 4.69) is 40.3 Å². The molecule has 1 fully saturated rings. The van der Waals surface area contributed by atoms with Crippen LogP contribution in [0.5, 0.6) is 0 Å². The van der Waals surface area contributed by atoms with Gasteiger partial charge in [0.1, 0.15) is 11.5 Å². The third-order valence-electron chi connectivity index (χ3n) is 6.42. The van der Waals surface area contributed by atoms with Gasteiger partial charge in [-0.1, -0.05) is 13.8 Å². The van der Waals surface area contributed by atoms with Crippen molar-refractivity contribution in [3.05, 3.63) is 35.9 Å². The molecule has 0 aromatic carbocycles. The number of hydrogen-bond donors (Lipinski definition) is 3. The van der Waals surface area contributed by atoms with Crippen molar-refractivity contribution in [3.63, 3.8) is 0 Å². The summed E-state index contributed by atoms with van der Waals surface area (Å²) < 4.78 is 5.46. The van der Waals surface area contributed by atoms with Gasteiger partial charge in [0, 0.05) is 36.9 Å². The number of anilines is 2. The summed E-state index contributed by atoms with van der Waals surface area (Å²) in [5, 5.41) is 20.9. The minimum absolute atomic E-state index is 0.0162. The molecule has 2 aliphatic heterocycles. The minimum atomic E-state index is -0.0162. The van der Waals surface area contributed by atoms with Gasteiger partial charge in [-0.05, 0) is 37.0 Å². The Labute approximate surface area is 192 Å². The molecule has 0 saturated carbocycles. The summed E-state index contributed by atoms with van der Waals surface area (Å²) in [6.07, 6.45) is 4.67. The Balaban J connectivity index is 1.30. The second-order valence-corrected chi connectivity index (χ2v) is 9.98. The van der Waals surface area contributed by atoms with Crippen LogP contribution < -0.4 is 10.2 Å². The lowest BCUT2D eigenvalue weighted by atomic mass is 9.93. The number of aliphatic hydroxyl groups excluding tert-OH is 1. The fraction of sp³-hybridized carbons (Fsp3) is 0.522. The van der Waals surface area contributed by atoms with E-state index in [4.69, 9.17) is 14.4 Å². The van der Waals surface area contributed by atoms with Crippen molar-refractivity contribution in [1.29, 1.82) is 0 Å². The number of furan rings is 1. The van der Waals surface area contributed by atoms with Crippen LogP contribution in [0.15, 0.2) is 33.8 Å². The maximum absolute atomic E-state index is 9.79. The molecule has 0 amide bonds. The fourth-order valence-corrected chi connectivity index (χ4v) is 5.43. The van der Waals surface area contributed by atoms with Crippen LogP contribution in [0.25, 0.3) is 11.5 Å². The molecule has 2 aliphatic rings. The van der Waals surface area contributed by atoms with Gasteiger partial charge in [-0.25, -0.2) is 4.98 Å². The standard InChI is InChI=1S/C23H30N6O2S/c1-14(2)19(13-30)24-22-21-16(7-11-32-21)25-23(26-22)29-8-5-15(6-9-29)17-12-18(28-27-17)20-4-3-10-31-20/h3-4,10,12,14-15,19,30H,5-9,11,13H2,1-2H3,(H,27,28)(H,24,25,26). The Morgan fingerprint density at radius 2 is 2.16 bits per heavy atom. The van der Waals surface area contributed by atoms with Gasteiger partial charge in [-0.2, -0.15) is 10.1 Å². The Morgan fingerprint density at radius 1 is 1.31 bits per heavy atom. The molecule has 3 aromatic heterocycles. The summed E-state index contributed by atoms with van der Waals surface area (Å²) in [5.41, 5.74) is 3.14. The van der Waals surface area contributed by atoms with Gasteiger partial charge in [-0.15, -0.1) is 11.8 Å². The quantitative estimate of drug-likeness (QED) is 0.494. The highest BCUT2D eigenvalue weighted by molar-refractivity contribution is 7.99. The first-order valence-corrected chi connectivity index (χ1v) is 12.4. The third kappa shape index (κ3) is 4.23. The molecule has 1 saturated heterocycles. The Kier molecular flexibility index (Phi) is 6.10. The molecule has 0 spiro atoms. The van der Waals surface area contributed by atoms with Crippen molar-refractivity contribution in [2.45, 2.75) is 50.0 Å². The van der Waals surface area contributed by atoms with Gasteiger partial charge in [0.05, 0.1) is 29.5 Å². The van der Waals surface area contributed by atoms with Crippen molar-refractivity contribution in [3.8, 4) is 11.5 Å². The first-order valence-electron chi connectivity index (χ1n) is 11.4. The molecule has 9 heteroatoms. The molecule has 170 valence electrons. The smallest absolute Gasteiger partial charge is 0.227 e. The van der Waals surface area contributed by atoms with E-state index in [1.54, 1.807) is 18.0 Å². The normalized spacial score (nSPS) is 17.7. The number of nitrogens with zero attached hydrogens (tertiary/aromatic N) is 4.